The van der Waals surface area contributed by atoms with Crippen LogP contribution < -0.4 is 10.1 Å². The monoisotopic (exact) mass is 373 g/mol. The van der Waals surface area contributed by atoms with Gasteiger partial charge in [-0.05, 0) is 26.0 Å². The number of thioether (sulfide) groups is 1. The standard InChI is InChI=1S/C20H27N3O2S/c1-12-8-23(9-13(2)21-12)10-14-11-26-20-18(19(14)24)17-15(22(20)3)6-5-7-16(17)25-4/h5-7,12-14,21H,8-11H2,1-4H3. The summed E-state index contributed by atoms with van der Waals surface area (Å²) < 4.78 is 7.71. The fourth-order valence-electron chi connectivity index (χ4n) is 4.50. The third-order valence-electron chi connectivity index (χ3n) is 5.50. The molecule has 3 heterocycles. The van der Waals surface area contributed by atoms with Crippen LogP contribution in [0.15, 0.2) is 23.2 Å². The molecular formula is C20H27N3O2S. The molecule has 4 rings (SSSR count). The number of ether oxygens (including phenoxy) is 1. The van der Waals surface area contributed by atoms with E-state index in [1.807, 2.05) is 19.2 Å². The lowest BCUT2D eigenvalue weighted by molar-refractivity contribution is 0.0860. The molecule has 0 radical (unpaired) electrons. The molecule has 3 unspecified atom stereocenters. The van der Waals surface area contributed by atoms with E-state index in [4.69, 9.17) is 4.74 Å². The lowest BCUT2D eigenvalue weighted by Gasteiger charge is -2.38. The number of hydrogen-bond acceptors (Lipinski definition) is 5. The van der Waals surface area contributed by atoms with Crippen molar-refractivity contribution in [3.63, 3.8) is 0 Å². The van der Waals surface area contributed by atoms with Gasteiger partial charge in [0.1, 0.15) is 5.75 Å². The topological polar surface area (TPSA) is 46.5 Å². The number of Topliss-reactive ketones (excluding diaryl/α,β-unsaturated/α-hetero) is 1. The van der Waals surface area contributed by atoms with E-state index in [1.54, 1.807) is 18.9 Å². The number of carbonyl (C=O) groups excluding carboxylic acids is 1. The first-order valence-electron chi connectivity index (χ1n) is 9.30. The molecule has 2 aromatic rings. The average molecular weight is 374 g/mol. The van der Waals surface area contributed by atoms with Crippen LogP contribution in [-0.4, -0.2) is 59.8 Å². The van der Waals surface area contributed by atoms with E-state index < -0.39 is 0 Å². The van der Waals surface area contributed by atoms with Crippen molar-refractivity contribution < 1.29 is 9.53 Å². The average Bonchev–Trinajstić information content (AvgIpc) is 2.90. The van der Waals surface area contributed by atoms with Crippen LogP contribution in [0.3, 0.4) is 0 Å². The summed E-state index contributed by atoms with van der Waals surface area (Å²) in [6.45, 7) is 7.28. The second kappa shape index (κ2) is 6.91. The van der Waals surface area contributed by atoms with Crippen LogP contribution in [0.2, 0.25) is 0 Å². The van der Waals surface area contributed by atoms with E-state index in [1.165, 1.54) is 0 Å². The molecule has 2 aliphatic heterocycles. The molecule has 0 amide bonds. The second-order valence-corrected chi connectivity index (χ2v) is 8.66. The number of rotatable bonds is 3. The van der Waals surface area contributed by atoms with Crippen LogP contribution in [0, 0.1) is 5.92 Å². The van der Waals surface area contributed by atoms with Gasteiger partial charge in [0.05, 0.1) is 28.6 Å². The molecular weight excluding hydrogens is 346 g/mol. The van der Waals surface area contributed by atoms with Crippen LogP contribution >= 0.6 is 11.8 Å². The Kier molecular flexibility index (Phi) is 4.75. The first kappa shape index (κ1) is 17.9. The highest BCUT2D eigenvalue weighted by molar-refractivity contribution is 7.99. The Bertz CT molecular complexity index is 837. The summed E-state index contributed by atoms with van der Waals surface area (Å²) in [5, 5.41) is 5.61. The summed E-state index contributed by atoms with van der Waals surface area (Å²) in [6, 6.07) is 6.95. The van der Waals surface area contributed by atoms with Crippen molar-refractivity contribution in [2.75, 3.05) is 32.5 Å². The van der Waals surface area contributed by atoms with Crippen molar-refractivity contribution in [1.82, 2.24) is 14.8 Å². The number of benzene rings is 1. The minimum absolute atomic E-state index is 0.0421. The summed E-state index contributed by atoms with van der Waals surface area (Å²) in [7, 11) is 3.72. The summed E-state index contributed by atoms with van der Waals surface area (Å²) in [4.78, 5) is 15.9. The fourth-order valence-corrected chi connectivity index (χ4v) is 5.75. The molecule has 1 aromatic carbocycles. The van der Waals surface area contributed by atoms with Crippen molar-refractivity contribution in [1.29, 1.82) is 0 Å². The van der Waals surface area contributed by atoms with E-state index in [-0.39, 0.29) is 11.7 Å². The van der Waals surface area contributed by atoms with Crippen LogP contribution in [0.1, 0.15) is 24.2 Å². The number of ketones is 1. The largest absolute Gasteiger partial charge is 0.496 e. The summed E-state index contributed by atoms with van der Waals surface area (Å²) in [5.41, 5.74) is 1.93. The predicted octanol–water partition coefficient (Wildman–Crippen LogP) is 2.77. The van der Waals surface area contributed by atoms with Crippen molar-refractivity contribution in [3.05, 3.63) is 23.8 Å². The molecule has 26 heavy (non-hydrogen) atoms. The summed E-state index contributed by atoms with van der Waals surface area (Å²) in [6.07, 6.45) is 0. The van der Waals surface area contributed by atoms with E-state index in [0.717, 1.165) is 52.6 Å². The Labute approximate surface area is 159 Å². The smallest absolute Gasteiger partial charge is 0.171 e. The van der Waals surface area contributed by atoms with Crippen molar-refractivity contribution in [2.24, 2.45) is 13.0 Å². The van der Waals surface area contributed by atoms with Crippen LogP contribution in [0.25, 0.3) is 10.9 Å². The number of methoxy groups -OCH3 is 1. The van der Waals surface area contributed by atoms with Gasteiger partial charge >= 0.3 is 0 Å². The molecule has 0 bridgehead atoms. The lowest BCUT2D eigenvalue weighted by Crippen LogP contribution is -2.55. The molecule has 1 N–H and O–H groups in total. The highest BCUT2D eigenvalue weighted by Gasteiger charge is 2.35. The normalized spacial score (nSPS) is 26.9. The number of fused-ring (bicyclic) bond motifs is 3. The lowest BCUT2D eigenvalue weighted by atomic mass is 9.96. The van der Waals surface area contributed by atoms with Gasteiger partial charge in [-0.3, -0.25) is 9.69 Å². The van der Waals surface area contributed by atoms with Gasteiger partial charge < -0.3 is 14.6 Å². The Morgan fingerprint density at radius 2 is 2.00 bits per heavy atom. The van der Waals surface area contributed by atoms with Crippen LogP contribution in [0.5, 0.6) is 5.75 Å². The molecule has 140 valence electrons. The van der Waals surface area contributed by atoms with Gasteiger partial charge in [-0.1, -0.05) is 6.07 Å². The van der Waals surface area contributed by atoms with Crippen molar-refractivity contribution >= 4 is 28.4 Å². The Hall–Kier alpha value is -1.50. The van der Waals surface area contributed by atoms with Gasteiger partial charge in [0.25, 0.3) is 0 Å². The first-order chi connectivity index (χ1) is 12.5. The van der Waals surface area contributed by atoms with Gasteiger partial charge in [0.2, 0.25) is 0 Å². The number of nitrogens with zero attached hydrogens (tertiary/aromatic N) is 2. The van der Waals surface area contributed by atoms with E-state index in [2.05, 4.69) is 34.7 Å². The molecule has 1 fully saturated rings. The second-order valence-electron chi connectivity index (χ2n) is 7.65. The zero-order valence-corrected chi connectivity index (χ0v) is 16.7. The Balaban J connectivity index is 1.67. The summed E-state index contributed by atoms with van der Waals surface area (Å²) >= 11 is 1.81. The maximum Gasteiger partial charge on any atom is 0.171 e. The minimum Gasteiger partial charge on any atom is -0.496 e. The number of nitrogens with one attached hydrogen (secondary N) is 1. The molecule has 2 aliphatic rings. The zero-order chi connectivity index (χ0) is 18.4. The van der Waals surface area contributed by atoms with Crippen LogP contribution in [0.4, 0.5) is 0 Å². The molecule has 1 aromatic heterocycles. The molecule has 0 spiro atoms. The Morgan fingerprint density at radius 1 is 1.27 bits per heavy atom. The predicted molar refractivity (Wildman–Crippen MR) is 107 cm³/mol. The third-order valence-corrected chi connectivity index (χ3v) is 6.82. The number of piperazine rings is 1. The Morgan fingerprint density at radius 3 is 2.69 bits per heavy atom. The van der Waals surface area contributed by atoms with E-state index in [0.29, 0.717) is 12.1 Å². The molecule has 3 atom stereocenters. The molecule has 0 aliphatic carbocycles. The maximum absolute atomic E-state index is 13.4. The van der Waals surface area contributed by atoms with Crippen molar-refractivity contribution in [3.8, 4) is 5.75 Å². The van der Waals surface area contributed by atoms with Gasteiger partial charge in [-0.2, -0.15) is 0 Å². The molecule has 6 heteroatoms. The number of aromatic nitrogens is 1. The van der Waals surface area contributed by atoms with E-state index >= 15 is 0 Å². The molecule has 1 saturated heterocycles. The highest BCUT2D eigenvalue weighted by Crippen LogP contribution is 2.42. The van der Waals surface area contributed by atoms with Crippen molar-refractivity contribution in [2.45, 2.75) is 31.0 Å². The van der Waals surface area contributed by atoms with Gasteiger partial charge in [-0.15, -0.1) is 11.8 Å². The minimum atomic E-state index is 0.0421. The zero-order valence-electron chi connectivity index (χ0n) is 15.9. The van der Waals surface area contributed by atoms with E-state index in [9.17, 15) is 4.79 Å². The number of aryl methyl sites for hydroxylation is 1. The number of hydrogen-bond donors (Lipinski definition) is 1. The SMILES string of the molecule is COc1cccc2c1c1c(n2C)SCC(CN2CC(C)NC(C)C2)C1=O. The third kappa shape index (κ3) is 2.94. The number of carbonyl (C=O) groups is 1. The van der Waals surface area contributed by atoms with Gasteiger partial charge in [0, 0.05) is 50.4 Å². The van der Waals surface area contributed by atoms with Gasteiger partial charge in [0.15, 0.2) is 5.78 Å². The summed E-state index contributed by atoms with van der Waals surface area (Å²) in [5.74, 6) is 1.96. The quantitative estimate of drug-likeness (QED) is 0.896. The van der Waals surface area contributed by atoms with Gasteiger partial charge in [-0.25, -0.2) is 0 Å². The fraction of sp³-hybridized carbons (Fsp3) is 0.550. The molecule has 0 saturated carbocycles. The first-order valence-corrected chi connectivity index (χ1v) is 10.3. The van der Waals surface area contributed by atoms with Crippen LogP contribution in [-0.2, 0) is 7.05 Å². The highest BCUT2D eigenvalue weighted by atomic mass is 32.2. The maximum atomic E-state index is 13.4. The molecule has 5 nitrogen and oxygen atoms in total.